The number of rotatable bonds is 3. The first-order valence-corrected chi connectivity index (χ1v) is 4.18. The van der Waals surface area contributed by atoms with Gasteiger partial charge >= 0.3 is 6.09 Å². The predicted molar refractivity (Wildman–Crippen MR) is 52.7 cm³/mol. The van der Waals surface area contributed by atoms with Crippen LogP contribution < -0.4 is 5.43 Å². The summed E-state index contributed by atoms with van der Waals surface area (Å²) in [7, 11) is 0. The van der Waals surface area contributed by atoms with Crippen LogP contribution in [0.3, 0.4) is 0 Å². The van der Waals surface area contributed by atoms with Crippen molar-refractivity contribution in [3.05, 3.63) is 11.6 Å². The van der Waals surface area contributed by atoms with Gasteiger partial charge in [-0.25, -0.2) is 10.2 Å². The molecule has 13 heavy (non-hydrogen) atoms. The highest BCUT2D eigenvalue weighted by Crippen LogP contribution is 1.89. The first-order valence-electron chi connectivity index (χ1n) is 4.18. The molecular formula is C9H16N2O2. The third kappa shape index (κ3) is 7.05. The molecule has 0 fully saturated rings. The molecule has 1 amide bonds. The fourth-order valence-corrected chi connectivity index (χ4v) is 0.747. The van der Waals surface area contributed by atoms with Gasteiger partial charge in [0.25, 0.3) is 0 Å². The number of amides is 1. The van der Waals surface area contributed by atoms with E-state index in [2.05, 4.69) is 15.3 Å². The maximum atomic E-state index is 10.8. The van der Waals surface area contributed by atoms with Crippen LogP contribution in [0.2, 0.25) is 0 Å². The summed E-state index contributed by atoms with van der Waals surface area (Å²) in [4.78, 5) is 10.8. The van der Waals surface area contributed by atoms with Gasteiger partial charge in [-0.2, -0.15) is 5.10 Å². The first kappa shape index (κ1) is 11.7. The summed E-state index contributed by atoms with van der Waals surface area (Å²) in [6.45, 7) is 7.82. The molecule has 0 saturated carbocycles. The first-order chi connectivity index (χ1) is 6.06. The Morgan fingerprint density at radius 1 is 1.46 bits per heavy atom. The van der Waals surface area contributed by atoms with Gasteiger partial charge in [0, 0.05) is 0 Å². The van der Waals surface area contributed by atoms with Gasteiger partial charge < -0.3 is 4.74 Å². The molecule has 0 unspecified atom stereocenters. The van der Waals surface area contributed by atoms with E-state index in [9.17, 15) is 4.79 Å². The molecule has 0 aromatic heterocycles. The van der Waals surface area contributed by atoms with Gasteiger partial charge in [0.05, 0.1) is 12.3 Å². The zero-order chi connectivity index (χ0) is 10.3. The Morgan fingerprint density at radius 2 is 2.08 bits per heavy atom. The van der Waals surface area contributed by atoms with Gasteiger partial charge in [-0.05, 0) is 33.8 Å². The van der Waals surface area contributed by atoms with E-state index in [1.54, 1.807) is 13.8 Å². The molecule has 0 rings (SSSR count). The second kappa shape index (κ2) is 6.22. The van der Waals surface area contributed by atoms with Crippen LogP contribution >= 0.6 is 0 Å². The molecule has 0 bridgehead atoms. The Bertz CT molecular complexity index is 228. The Morgan fingerprint density at radius 3 is 2.54 bits per heavy atom. The lowest BCUT2D eigenvalue weighted by Crippen LogP contribution is -2.19. The zero-order valence-electron chi connectivity index (χ0n) is 8.55. The fraction of sp³-hybridized carbons (Fsp3) is 0.556. The molecule has 0 aromatic carbocycles. The van der Waals surface area contributed by atoms with Crippen LogP contribution in [0.4, 0.5) is 4.79 Å². The van der Waals surface area contributed by atoms with E-state index in [4.69, 9.17) is 0 Å². The molecule has 0 aliphatic heterocycles. The molecule has 0 atom stereocenters. The standard InChI is InChI=1S/C9H16N2O2/c1-5-13-9(12)11-10-8(4)6-7(2)3/h6H,5H2,1-4H3,(H,11,12)/b10-8+. The minimum atomic E-state index is -0.524. The molecule has 4 nitrogen and oxygen atoms in total. The molecule has 1 N–H and O–H groups in total. The summed E-state index contributed by atoms with van der Waals surface area (Å²) in [5.41, 5.74) is 4.15. The van der Waals surface area contributed by atoms with Gasteiger partial charge in [0.15, 0.2) is 0 Å². The smallest absolute Gasteiger partial charge is 0.427 e. The quantitative estimate of drug-likeness (QED) is 0.539. The lowest BCUT2D eigenvalue weighted by Gasteiger charge is -1.99. The predicted octanol–water partition coefficient (Wildman–Crippen LogP) is 2.07. The Balaban J connectivity index is 3.97. The molecule has 0 saturated heterocycles. The van der Waals surface area contributed by atoms with Crippen LogP contribution in [-0.4, -0.2) is 18.4 Å². The van der Waals surface area contributed by atoms with Crippen LogP contribution in [0, 0.1) is 0 Å². The zero-order valence-corrected chi connectivity index (χ0v) is 8.55. The highest BCUT2D eigenvalue weighted by atomic mass is 16.5. The number of carbonyl (C=O) groups excluding carboxylic acids is 1. The van der Waals surface area contributed by atoms with Crippen LogP contribution in [0.15, 0.2) is 16.8 Å². The summed E-state index contributed by atoms with van der Waals surface area (Å²) in [5.74, 6) is 0. The number of allylic oxidation sites excluding steroid dienone is 2. The summed E-state index contributed by atoms with van der Waals surface area (Å²) < 4.78 is 4.62. The van der Waals surface area contributed by atoms with Crippen molar-refractivity contribution >= 4 is 11.8 Å². The lowest BCUT2D eigenvalue weighted by atomic mass is 10.3. The summed E-state index contributed by atoms with van der Waals surface area (Å²) in [6, 6.07) is 0. The van der Waals surface area contributed by atoms with Gasteiger partial charge in [-0.15, -0.1) is 0 Å². The van der Waals surface area contributed by atoms with Crippen molar-refractivity contribution < 1.29 is 9.53 Å². The SMILES string of the molecule is CCOC(=O)N/N=C(\C)C=C(C)C. The Hall–Kier alpha value is -1.32. The van der Waals surface area contributed by atoms with E-state index in [0.29, 0.717) is 6.61 Å². The van der Waals surface area contributed by atoms with Crippen molar-refractivity contribution in [2.24, 2.45) is 5.10 Å². The minimum Gasteiger partial charge on any atom is -0.449 e. The fourth-order valence-electron chi connectivity index (χ4n) is 0.747. The van der Waals surface area contributed by atoms with Crippen LogP contribution in [0.5, 0.6) is 0 Å². The van der Waals surface area contributed by atoms with E-state index in [1.165, 1.54) is 0 Å². The van der Waals surface area contributed by atoms with Crippen molar-refractivity contribution in [1.29, 1.82) is 0 Å². The number of hydrogen-bond acceptors (Lipinski definition) is 3. The number of ether oxygens (including phenoxy) is 1. The lowest BCUT2D eigenvalue weighted by molar-refractivity contribution is 0.152. The third-order valence-electron chi connectivity index (χ3n) is 1.10. The van der Waals surface area contributed by atoms with Crippen molar-refractivity contribution in [1.82, 2.24) is 5.43 Å². The highest BCUT2D eigenvalue weighted by molar-refractivity contribution is 5.93. The number of nitrogens with zero attached hydrogens (tertiary/aromatic N) is 1. The highest BCUT2D eigenvalue weighted by Gasteiger charge is 1.95. The summed E-state index contributed by atoms with van der Waals surface area (Å²) in [6.07, 6.45) is 1.34. The van der Waals surface area contributed by atoms with E-state index in [1.807, 2.05) is 19.9 Å². The average Bonchev–Trinajstić information content (AvgIpc) is 2.00. The Labute approximate surface area is 78.7 Å². The van der Waals surface area contributed by atoms with Crippen LogP contribution in [0.25, 0.3) is 0 Å². The van der Waals surface area contributed by atoms with E-state index < -0.39 is 6.09 Å². The Kier molecular flexibility index (Phi) is 5.59. The maximum absolute atomic E-state index is 10.8. The van der Waals surface area contributed by atoms with Crippen molar-refractivity contribution in [3.63, 3.8) is 0 Å². The molecule has 0 heterocycles. The molecule has 0 aliphatic carbocycles. The van der Waals surface area contributed by atoms with Crippen LogP contribution in [0.1, 0.15) is 27.7 Å². The van der Waals surface area contributed by atoms with Crippen molar-refractivity contribution in [2.45, 2.75) is 27.7 Å². The minimum absolute atomic E-state index is 0.350. The van der Waals surface area contributed by atoms with E-state index in [-0.39, 0.29) is 0 Å². The molecule has 0 aromatic rings. The largest absolute Gasteiger partial charge is 0.449 e. The number of carbonyl (C=O) groups is 1. The molecule has 4 heteroatoms. The number of hydrogen-bond donors (Lipinski definition) is 1. The van der Waals surface area contributed by atoms with Crippen LogP contribution in [-0.2, 0) is 4.74 Å². The second-order valence-corrected chi connectivity index (χ2v) is 2.81. The van der Waals surface area contributed by atoms with E-state index in [0.717, 1.165) is 11.3 Å². The molecule has 0 radical (unpaired) electrons. The summed E-state index contributed by atoms with van der Waals surface area (Å²) >= 11 is 0. The van der Waals surface area contributed by atoms with Gasteiger partial charge in [-0.3, -0.25) is 0 Å². The topological polar surface area (TPSA) is 50.7 Å². The maximum Gasteiger partial charge on any atom is 0.427 e. The van der Waals surface area contributed by atoms with E-state index >= 15 is 0 Å². The van der Waals surface area contributed by atoms with Crippen molar-refractivity contribution in [3.8, 4) is 0 Å². The third-order valence-corrected chi connectivity index (χ3v) is 1.10. The molecular weight excluding hydrogens is 168 g/mol. The normalized spacial score (nSPS) is 10.6. The van der Waals surface area contributed by atoms with Crippen molar-refractivity contribution in [2.75, 3.05) is 6.61 Å². The molecule has 0 spiro atoms. The molecule has 74 valence electrons. The molecule has 0 aliphatic rings. The summed E-state index contributed by atoms with van der Waals surface area (Å²) in [5, 5.41) is 3.80. The number of nitrogens with one attached hydrogen (secondary N) is 1. The second-order valence-electron chi connectivity index (χ2n) is 2.81. The number of hydrazone groups is 1. The monoisotopic (exact) mass is 184 g/mol. The van der Waals surface area contributed by atoms with Gasteiger partial charge in [0.2, 0.25) is 0 Å². The van der Waals surface area contributed by atoms with Gasteiger partial charge in [-0.1, -0.05) is 5.57 Å². The average molecular weight is 184 g/mol. The van der Waals surface area contributed by atoms with Gasteiger partial charge in [0.1, 0.15) is 0 Å².